The molecule has 0 aromatic carbocycles. The van der Waals surface area contributed by atoms with Crippen LogP contribution in [0, 0.1) is 0 Å². The van der Waals surface area contributed by atoms with Gasteiger partial charge in [-0.3, -0.25) is 0 Å². The summed E-state index contributed by atoms with van der Waals surface area (Å²) in [6.45, 7) is 0.913. The van der Waals surface area contributed by atoms with Crippen molar-refractivity contribution in [2.45, 2.75) is 0 Å². The van der Waals surface area contributed by atoms with Crippen LogP contribution in [0.1, 0.15) is 0 Å². The van der Waals surface area contributed by atoms with Crippen LogP contribution in [0.25, 0.3) is 0 Å². The van der Waals surface area contributed by atoms with Gasteiger partial charge in [-0.25, -0.2) is 9.56 Å². The lowest BCUT2D eigenvalue weighted by Gasteiger charge is -1.91. The fourth-order valence-corrected chi connectivity index (χ4v) is 1.36. The van der Waals surface area contributed by atoms with E-state index in [1.54, 1.807) is 7.11 Å². The largest absolute Gasteiger partial charge is 0.248 e. The Morgan fingerprint density at radius 1 is 1.88 bits per heavy atom. The second-order valence-corrected chi connectivity index (χ2v) is 2.63. The van der Waals surface area contributed by atoms with E-state index in [1.165, 1.54) is 0 Å². The second-order valence-electron chi connectivity index (χ2n) is 1.29. The van der Waals surface area contributed by atoms with Crippen LogP contribution in [-0.2, 0) is 15.7 Å². The number of hydrogen-bond donors (Lipinski definition) is 1. The molecule has 8 heavy (non-hydrogen) atoms. The third-order valence-electron chi connectivity index (χ3n) is 0.729. The first-order chi connectivity index (χ1) is 3.93. The van der Waals surface area contributed by atoms with Crippen LogP contribution in [0.2, 0.25) is 0 Å². The van der Waals surface area contributed by atoms with E-state index in [-0.39, 0.29) is 10.9 Å². The predicted molar refractivity (Wildman–Crippen MR) is 33.9 cm³/mol. The molecule has 0 fully saturated rings. The van der Waals surface area contributed by atoms with Crippen molar-refractivity contribution >= 4 is 10.9 Å². The van der Waals surface area contributed by atoms with Gasteiger partial charge in [0.25, 0.3) is 0 Å². The lowest BCUT2D eigenvalue weighted by atomic mass is 10.7. The van der Waals surface area contributed by atoms with Crippen LogP contribution in [0.15, 0.2) is 16.0 Å². The number of nitrogens with zero attached hydrogens (tertiary/aromatic N) is 1. The van der Waals surface area contributed by atoms with Gasteiger partial charge in [0, 0.05) is 17.4 Å². The zero-order chi connectivity index (χ0) is 5.82. The van der Waals surface area contributed by atoms with Crippen LogP contribution < -0.4 is 4.72 Å². The number of nitrogens with one attached hydrogen (secondary N) is 1. The quantitative estimate of drug-likeness (QED) is 0.523. The molecule has 0 aliphatic carbocycles. The molecular weight excluding hydrogens is 124 g/mol. The van der Waals surface area contributed by atoms with Gasteiger partial charge in [-0.1, -0.05) is 10.6 Å². The van der Waals surface area contributed by atoms with E-state index in [9.17, 15) is 0 Å². The molecule has 1 aliphatic rings. The fourth-order valence-electron chi connectivity index (χ4n) is 0.452. The monoisotopic (exact) mass is 132 g/mol. The van der Waals surface area contributed by atoms with Crippen molar-refractivity contribution in [2.75, 3.05) is 13.7 Å². The summed E-state index contributed by atoms with van der Waals surface area (Å²) < 4.78 is 6.84. The van der Waals surface area contributed by atoms with Crippen LogP contribution in [0.4, 0.5) is 0 Å². The van der Waals surface area contributed by atoms with E-state index < -0.39 is 0 Å². The Morgan fingerprint density at radius 3 is 3.25 bits per heavy atom. The van der Waals surface area contributed by atoms with E-state index in [4.69, 9.17) is 0 Å². The van der Waals surface area contributed by atoms with Crippen molar-refractivity contribution in [3.63, 3.8) is 0 Å². The van der Waals surface area contributed by atoms with Gasteiger partial charge >= 0.3 is 0 Å². The molecule has 4 heteroatoms. The summed E-state index contributed by atoms with van der Waals surface area (Å²) in [5.74, 6) is 0. The summed E-state index contributed by atoms with van der Waals surface area (Å²) in [5, 5.41) is 1.99. The summed E-state index contributed by atoms with van der Waals surface area (Å²) in [7, 11) is 1.40. The molecule has 0 amide bonds. The van der Waals surface area contributed by atoms with E-state index in [0.29, 0.717) is 0 Å². The van der Waals surface area contributed by atoms with Gasteiger partial charge in [0.2, 0.25) is 0 Å². The van der Waals surface area contributed by atoms with Crippen molar-refractivity contribution in [3.05, 3.63) is 11.5 Å². The predicted octanol–water partition coefficient (Wildman–Crippen LogP) is 0.382. The fraction of sp³-hybridized carbons (Fsp3) is 0.500. The molecule has 1 unspecified atom stereocenters. The van der Waals surface area contributed by atoms with E-state index in [0.717, 1.165) is 6.54 Å². The Bertz CT molecular complexity index is 132. The third-order valence-corrected chi connectivity index (χ3v) is 1.95. The molecule has 0 radical (unpaired) electrons. The van der Waals surface area contributed by atoms with Crippen molar-refractivity contribution < 1.29 is 4.84 Å². The highest BCUT2D eigenvalue weighted by molar-refractivity contribution is 7.88. The first-order valence-corrected chi connectivity index (χ1v) is 3.55. The molecule has 1 rings (SSSR count). The average molecular weight is 132 g/mol. The van der Waals surface area contributed by atoms with E-state index in [2.05, 4.69) is 14.1 Å². The molecule has 3 nitrogen and oxygen atoms in total. The first kappa shape index (κ1) is 5.94. The number of hydrogen-bond acceptors (Lipinski definition) is 2. The topological polar surface area (TPSA) is 33.6 Å². The maximum atomic E-state index is 4.55. The molecule has 46 valence electrons. The number of rotatable bonds is 1. The molecule has 1 N–H and O–H groups in total. The zero-order valence-corrected chi connectivity index (χ0v) is 5.44. The standard InChI is InChI=1S/C4H8N2OS/c1-7-6-8-4-2-3-5-8/h2,4H,3H2,1H3,(H,5,6). The van der Waals surface area contributed by atoms with Gasteiger partial charge in [0.05, 0.1) is 7.11 Å². The molecule has 0 aromatic rings. The van der Waals surface area contributed by atoms with Crippen molar-refractivity contribution in [3.8, 4) is 0 Å². The lowest BCUT2D eigenvalue weighted by Crippen LogP contribution is -2.07. The maximum Gasteiger partial charge on any atom is 0.0668 e. The van der Waals surface area contributed by atoms with Crippen LogP contribution in [0.3, 0.4) is 0 Å². The average Bonchev–Trinajstić information content (AvgIpc) is 2.19. The third kappa shape index (κ3) is 1.40. The molecule has 1 heterocycles. The minimum atomic E-state index is -0.155. The smallest absolute Gasteiger partial charge is 0.0668 e. The Labute approximate surface area is 50.9 Å². The van der Waals surface area contributed by atoms with Crippen LogP contribution in [0.5, 0.6) is 0 Å². The molecule has 0 bridgehead atoms. The van der Waals surface area contributed by atoms with Crippen molar-refractivity contribution in [1.29, 1.82) is 0 Å². The van der Waals surface area contributed by atoms with E-state index in [1.807, 2.05) is 11.5 Å². The lowest BCUT2D eigenvalue weighted by molar-refractivity contribution is 0.220. The van der Waals surface area contributed by atoms with Gasteiger partial charge in [-0.2, -0.15) is 0 Å². The highest BCUT2D eigenvalue weighted by Crippen LogP contribution is 1.92. The van der Waals surface area contributed by atoms with E-state index >= 15 is 0 Å². The SMILES string of the molecule is CO/N=S1\C=CCN1. The molecule has 1 atom stereocenters. The highest BCUT2D eigenvalue weighted by Gasteiger charge is 1.94. The highest BCUT2D eigenvalue weighted by atomic mass is 32.2. The maximum absolute atomic E-state index is 4.55. The van der Waals surface area contributed by atoms with Crippen molar-refractivity contribution in [1.82, 2.24) is 4.72 Å². The van der Waals surface area contributed by atoms with Crippen LogP contribution in [-0.4, -0.2) is 13.7 Å². The summed E-state index contributed by atoms with van der Waals surface area (Å²) in [4.78, 5) is 4.55. The molecule has 0 aromatic heterocycles. The molecule has 0 spiro atoms. The summed E-state index contributed by atoms with van der Waals surface area (Å²) in [6, 6.07) is 0. The van der Waals surface area contributed by atoms with Gasteiger partial charge in [0.1, 0.15) is 0 Å². The Hall–Kier alpha value is -0.190. The Morgan fingerprint density at radius 2 is 2.75 bits per heavy atom. The summed E-state index contributed by atoms with van der Waals surface area (Å²) in [6.07, 6.45) is 2.03. The van der Waals surface area contributed by atoms with Gasteiger partial charge in [0.15, 0.2) is 0 Å². The molecule has 1 aliphatic heterocycles. The molecule has 0 saturated heterocycles. The Balaban J connectivity index is 2.46. The normalized spacial score (nSPS) is 27.4. The summed E-state index contributed by atoms with van der Waals surface area (Å²) in [5.41, 5.74) is 0. The molecule has 0 saturated carbocycles. The van der Waals surface area contributed by atoms with Gasteiger partial charge in [-0.15, -0.1) is 0 Å². The molecular formula is C4H8N2OS. The van der Waals surface area contributed by atoms with Crippen LogP contribution >= 0.6 is 0 Å². The summed E-state index contributed by atoms with van der Waals surface area (Å²) >= 11 is 0. The first-order valence-electron chi connectivity index (χ1n) is 2.31. The van der Waals surface area contributed by atoms with Crippen molar-refractivity contribution in [2.24, 2.45) is 4.53 Å². The minimum absolute atomic E-state index is 0.155. The second kappa shape index (κ2) is 2.96. The zero-order valence-electron chi connectivity index (χ0n) is 4.63. The van der Waals surface area contributed by atoms with Gasteiger partial charge < -0.3 is 0 Å². The van der Waals surface area contributed by atoms with Gasteiger partial charge in [-0.05, 0) is 5.41 Å². The minimum Gasteiger partial charge on any atom is -0.248 e. The Kier molecular flexibility index (Phi) is 2.20.